The van der Waals surface area contributed by atoms with Crippen LogP contribution < -0.4 is 10.1 Å². The molecule has 3 aromatic rings. The Morgan fingerprint density at radius 2 is 1.92 bits per heavy atom. The van der Waals surface area contributed by atoms with Gasteiger partial charge in [-0.15, -0.1) is 0 Å². The number of para-hydroxylation sites is 1. The van der Waals surface area contributed by atoms with Crippen molar-refractivity contribution in [3.63, 3.8) is 0 Å². The molecule has 25 heavy (non-hydrogen) atoms. The zero-order valence-electron chi connectivity index (χ0n) is 13.3. The predicted octanol–water partition coefficient (Wildman–Crippen LogP) is 2.90. The van der Waals surface area contributed by atoms with Gasteiger partial charge >= 0.3 is 5.97 Å². The first-order chi connectivity index (χ1) is 12.2. The van der Waals surface area contributed by atoms with Gasteiger partial charge in [-0.2, -0.15) is 5.10 Å². The van der Waals surface area contributed by atoms with Crippen molar-refractivity contribution in [2.24, 2.45) is 0 Å². The maximum absolute atomic E-state index is 12.6. The lowest BCUT2D eigenvalue weighted by Gasteiger charge is -2.24. The fourth-order valence-electron chi connectivity index (χ4n) is 2.90. The summed E-state index contributed by atoms with van der Waals surface area (Å²) in [7, 11) is 0. The average Bonchev–Trinajstić information content (AvgIpc) is 3.16. The number of carbonyl (C=O) groups is 2. The van der Waals surface area contributed by atoms with Crippen LogP contribution in [0.25, 0.3) is 5.69 Å². The van der Waals surface area contributed by atoms with Crippen LogP contribution in [0.3, 0.4) is 0 Å². The highest BCUT2D eigenvalue weighted by Crippen LogP contribution is 2.33. The third-order valence-electron chi connectivity index (χ3n) is 4.11. The number of nitrogens with zero attached hydrogens (tertiary/aromatic N) is 2. The molecule has 6 heteroatoms. The lowest BCUT2D eigenvalue weighted by atomic mass is 9.91. The molecule has 0 saturated carbocycles. The van der Waals surface area contributed by atoms with Gasteiger partial charge < -0.3 is 10.1 Å². The number of ether oxygens (including phenoxy) is 1. The summed E-state index contributed by atoms with van der Waals surface area (Å²) in [4.78, 5) is 24.4. The van der Waals surface area contributed by atoms with Crippen molar-refractivity contribution in [2.45, 2.75) is 12.3 Å². The molecule has 0 radical (unpaired) electrons. The molecule has 1 aliphatic heterocycles. The van der Waals surface area contributed by atoms with Crippen LogP contribution in [0.2, 0.25) is 0 Å². The molecule has 2 aromatic carbocycles. The third kappa shape index (κ3) is 3.01. The molecular formula is C19H15N3O3. The molecule has 124 valence electrons. The molecule has 1 N–H and O–H groups in total. The van der Waals surface area contributed by atoms with E-state index in [0.29, 0.717) is 11.4 Å². The summed E-state index contributed by atoms with van der Waals surface area (Å²) >= 11 is 0. The molecule has 6 nitrogen and oxygen atoms in total. The quantitative estimate of drug-likeness (QED) is 0.591. The van der Waals surface area contributed by atoms with Crippen LogP contribution in [0.4, 0.5) is 5.69 Å². The SMILES string of the molecule is O=C1CC(C(=O)Oc2ccc(-n3cccn3)cc2)c2ccccc2N1. The van der Waals surface area contributed by atoms with Crippen molar-refractivity contribution in [3.8, 4) is 11.4 Å². The van der Waals surface area contributed by atoms with E-state index in [4.69, 9.17) is 4.74 Å². The minimum Gasteiger partial charge on any atom is -0.426 e. The van der Waals surface area contributed by atoms with Crippen LogP contribution in [0.5, 0.6) is 5.75 Å². The summed E-state index contributed by atoms with van der Waals surface area (Å²) in [6, 6.07) is 16.2. The van der Waals surface area contributed by atoms with Crippen LogP contribution >= 0.6 is 0 Å². The van der Waals surface area contributed by atoms with Gasteiger partial charge in [-0.3, -0.25) is 9.59 Å². The zero-order valence-corrected chi connectivity index (χ0v) is 13.3. The van der Waals surface area contributed by atoms with Gasteiger partial charge in [0.15, 0.2) is 0 Å². The van der Waals surface area contributed by atoms with Crippen molar-refractivity contribution >= 4 is 17.6 Å². The second kappa shape index (κ2) is 6.24. The van der Waals surface area contributed by atoms with Gasteiger partial charge in [0.2, 0.25) is 5.91 Å². The van der Waals surface area contributed by atoms with E-state index in [1.165, 1.54) is 0 Å². The van der Waals surface area contributed by atoms with Crippen molar-refractivity contribution in [1.82, 2.24) is 9.78 Å². The Hall–Kier alpha value is -3.41. The predicted molar refractivity (Wildman–Crippen MR) is 91.6 cm³/mol. The average molecular weight is 333 g/mol. The van der Waals surface area contributed by atoms with Gasteiger partial charge in [0.25, 0.3) is 0 Å². The van der Waals surface area contributed by atoms with E-state index in [1.54, 1.807) is 29.1 Å². The second-order valence-electron chi connectivity index (χ2n) is 5.76. The molecule has 1 amide bonds. The van der Waals surface area contributed by atoms with E-state index in [0.717, 1.165) is 11.3 Å². The standard InChI is InChI=1S/C19H15N3O3/c23-18-12-16(15-4-1-2-5-17(15)21-18)19(24)25-14-8-6-13(7-9-14)22-11-3-10-20-22/h1-11,16H,12H2,(H,21,23). The zero-order chi connectivity index (χ0) is 17.2. The molecular weight excluding hydrogens is 318 g/mol. The first-order valence-corrected chi connectivity index (χ1v) is 7.91. The van der Waals surface area contributed by atoms with E-state index in [-0.39, 0.29) is 12.3 Å². The molecule has 0 spiro atoms. The number of esters is 1. The summed E-state index contributed by atoms with van der Waals surface area (Å²) in [6.07, 6.45) is 3.61. The van der Waals surface area contributed by atoms with Crippen molar-refractivity contribution in [3.05, 3.63) is 72.6 Å². The molecule has 4 rings (SSSR count). The topological polar surface area (TPSA) is 73.2 Å². The van der Waals surface area contributed by atoms with E-state index < -0.39 is 11.9 Å². The maximum Gasteiger partial charge on any atom is 0.319 e. The van der Waals surface area contributed by atoms with Crippen LogP contribution in [0.15, 0.2) is 67.0 Å². The number of rotatable bonds is 3. The third-order valence-corrected chi connectivity index (χ3v) is 4.11. The smallest absolute Gasteiger partial charge is 0.319 e. The molecule has 1 aromatic heterocycles. The Morgan fingerprint density at radius 1 is 1.12 bits per heavy atom. The summed E-state index contributed by atoms with van der Waals surface area (Å²) < 4.78 is 7.20. The fourth-order valence-corrected chi connectivity index (χ4v) is 2.90. The number of anilines is 1. The second-order valence-corrected chi connectivity index (χ2v) is 5.76. The maximum atomic E-state index is 12.6. The fraction of sp³-hybridized carbons (Fsp3) is 0.105. The first-order valence-electron chi connectivity index (χ1n) is 7.91. The highest BCUT2D eigenvalue weighted by molar-refractivity contribution is 6.00. The number of fused-ring (bicyclic) bond motifs is 1. The monoisotopic (exact) mass is 333 g/mol. The van der Waals surface area contributed by atoms with Crippen molar-refractivity contribution in [1.29, 1.82) is 0 Å². The Kier molecular flexibility index (Phi) is 3.78. The molecule has 1 unspecified atom stereocenters. The van der Waals surface area contributed by atoms with Gasteiger partial charge in [-0.05, 0) is 42.0 Å². The summed E-state index contributed by atoms with van der Waals surface area (Å²) in [5.74, 6) is -0.788. The molecule has 2 heterocycles. The summed E-state index contributed by atoms with van der Waals surface area (Å²) in [5.41, 5.74) is 2.31. The Balaban J connectivity index is 1.53. The van der Waals surface area contributed by atoms with Gasteiger partial charge in [0, 0.05) is 24.5 Å². The lowest BCUT2D eigenvalue weighted by molar-refractivity contribution is -0.138. The number of hydrogen-bond donors (Lipinski definition) is 1. The van der Waals surface area contributed by atoms with Gasteiger partial charge in [0.05, 0.1) is 11.6 Å². The highest BCUT2D eigenvalue weighted by Gasteiger charge is 2.31. The van der Waals surface area contributed by atoms with Crippen LogP contribution in [-0.2, 0) is 9.59 Å². The molecule has 1 aliphatic rings. The normalized spacial score (nSPS) is 16.0. The van der Waals surface area contributed by atoms with E-state index >= 15 is 0 Å². The van der Waals surface area contributed by atoms with E-state index in [9.17, 15) is 9.59 Å². The van der Waals surface area contributed by atoms with Crippen LogP contribution in [0.1, 0.15) is 17.9 Å². The van der Waals surface area contributed by atoms with E-state index in [1.807, 2.05) is 42.6 Å². The Bertz CT molecular complexity index is 917. The van der Waals surface area contributed by atoms with Gasteiger partial charge in [-0.1, -0.05) is 18.2 Å². The first kappa shape index (κ1) is 15.1. The Labute approximate surface area is 144 Å². The molecule has 1 atom stereocenters. The largest absolute Gasteiger partial charge is 0.426 e. The van der Waals surface area contributed by atoms with E-state index in [2.05, 4.69) is 10.4 Å². The number of amides is 1. The van der Waals surface area contributed by atoms with Gasteiger partial charge in [0.1, 0.15) is 5.75 Å². The van der Waals surface area contributed by atoms with Crippen LogP contribution in [-0.4, -0.2) is 21.7 Å². The number of benzene rings is 2. The number of carbonyl (C=O) groups excluding carboxylic acids is 2. The molecule has 0 aliphatic carbocycles. The van der Waals surface area contributed by atoms with Crippen molar-refractivity contribution < 1.29 is 14.3 Å². The molecule has 0 fully saturated rings. The number of nitrogens with one attached hydrogen (secondary N) is 1. The van der Waals surface area contributed by atoms with Gasteiger partial charge in [-0.25, -0.2) is 4.68 Å². The number of aromatic nitrogens is 2. The number of hydrogen-bond acceptors (Lipinski definition) is 4. The lowest BCUT2D eigenvalue weighted by Crippen LogP contribution is -2.29. The molecule has 0 saturated heterocycles. The molecule has 0 bridgehead atoms. The highest BCUT2D eigenvalue weighted by atomic mass is 16.5. The van der Waals surface area contributed by atoms with Crippen LogP contribution in [0, 0.1) is 0 Å². The Morgan fingerprint density at radius 3 is 2.68 bits per heavy atom. The summed E-state index contributed by atoms with van der Waals surface area (Å²) in [5, 5.41) is 6.92. The minimum absolute atomic E-state index is 0.0845. The van der Waals surface area contributed by atoms with Crippen molar-refractivity contribution in [2.75, 3.05) is 5.32 Å². The minimum atomic E-state index is -0.601. The summed E-state index contributed by atoms with van der Waals surface area (Å²) in [6.45, 7) is 0.